The number of anilines is 1. The summed E-state index contributed by atoms with van der Waals surface area (Å²) < 4.78 is 19.9. The fourth-order valence-corrected chi connectivity index (χ4v) is 3.15. The smallest absolute Gasteiger partial charge is 0.267 e. The Bertz CT molecular complexity index is 833. The van der Waals surface area contributed by atoms with Crippen molar-refractivity contribution in [1.82, 2.24) is 4.98 Å². The first-order chi connectivity index (χ1) is 12.5. The number of ketones is 1. The number of hydrogen-bond acceptors (Lipinski definition) is 5. The molecule has 1 amide bonds. The molecule has 1 saturated heterocycles. The van der Waals surface area contributed by atoms with E-state index in [1.54, 1.807) is 18.2 Å². The number of halogens is 1. The van der Waals surface area contributed by atoms with Crippen molar-refractivity contribution in [2.75, 3.05) is 18.0 Å². The molecule has 0 atom stereocenters. The van der Waals surface area contributed by atoms with E-state index in [0.717, 1.165) is 0 Å². The van der Waals surface area contributed by atoms with Gasteiger partial charge in [-0.05, 0) is 25.1 Å². The zero-order chi connectivity index (χ0) is 18.7. The van der Waals surface area contributed by atoms with Gasteiger partial charge in [-0.2, -0.15) is 0 Å². The molecule has 2 N–H and O–H groups in total. The van der Waals surface area contributed by atoms with Crippen molar-refractivity contribution in [2.24, 2.45) is 5.73 Å². The predicted octanol–water partition coefficient (Wildman–Crippen LogP) is 2.57. The summed E-state index contributed by atoms with van der Waals surface area (Å²) in [5, 5.41) is 0. The number of nitrogens with zero attached hydrogens (tertiary/aromatic N) is 2. The van der Waals surface area contributed by atoms with Crippen LogP contribution in [-0.2, 0) is 0 Å². The van der Waals surface area contributed by atoms with Crippen molar-refractivity contribution in [3.8, 4) is 5.75 Å². The third-order valence-corrected chi connectivity index (χ3v) is 4.41. The SMILES string of the molecule is CC(=O)c1c(F)cccc1N1CCC(Oc2ccnc(C(N)=O)c2)CC1. The van der Waals surface area contributed by atoms with Gasteiger partial charge in [0.2, 0.25) is 0 Å². The van der Waals surface area contributed by atoms with Gasteiger partial charge in [-0.25, -0.2) is 4.39 Å². The topological polar surface area (TPSA) is 85.5 Å². The van der Waals surface area contributed by atoms with Crippen molar-refractivity contribution in [3.63, 3.8) is 0 Å². The second-order valence-corrected chi connectivity index (χ2v) is 6.24. The molecule has 0 radical (unpaired) electrons. The number of hydrogen-bond donors (Lipinski definition) is 1. The van der Waals surface area contributed by atoms with Crippen LogP contribution in [0.2, 0.25) is 0 Å². The third kappa shape index (κ3) is 3.82. The Balaban J connectivity index is 1.67. The first-order valence-electron chi connectivity index (χ1n) is 8.42. The number of ether oxygens (including phenoxy) is 1. The highest BCUT2D eigenvalue weighted by molar-refractivity contribution is 6.00. The van der Waals surface area contributed by atoms with E-state index in [9.17, 15) is 14.0 Å². The van der Waals surface area contributed by atoms with Crippen LogP contribution in [0.25, 0.3) is 0 Å². The van der Waals surface area contributed by atoms with Gasteiger partial charge < -0.3 is 15.4 Å². The van der Waals surface area contributed by atoms with Crippen LogP contribution in [-0.4, -0.2) is 35.9 Å². The Morgan fingerprint density at radius 1 is 1.27 bits per heavy atom. The molecule has 0 bridgehead atoms. The molecular weight excluding hydrogens is 337 g/mol. The Hall–Kier alpha value is -2.96. The highest BCUT2D eigenvalue weighted by Crippen LogP contribution is 2.28. The molecule has 0 unspecified atom stereocenters. The van der Waals surface area contributed by atoms with Crippen molar-refractivity contribution < 1.29 is 18.7 Å². The van der Waals surface area contributed by atoms with Gasteiger partial charge >= 0.3 is 0 Å². The molecule has 0 saturated carbocycles. The summed E-state index contributed by atoms with van der Waals surface area (Å²) in [7, 11) is 0. The maximum atomic E-state index is 14.0. The number of carbonyl (C=O) groups is 2. The molecule has 136 valence electrons. The van der Waals surface area contributed by atoms with Gasteiger partial charge in [-0.15, -0.1) is 0 Å². The minimum atomic E-state index is -0.604. The maximum Gasteiger partial charge on any atom is 0.267 e. The molecule has 2 heterocycles. The first kappa shape index (κ1) is 17.8. The van der Waals surface area contributed by atoms with E-state index < -0.39 is 11.7 Å². The lowest BCUT2D eigenvalue weighted by molar-refractivity contribution is 0.0990. The average Bonchev–Trinajstić information content (AvgIpc) is 2.62. The van der Waals surface area contributed by atoms with E-state index in [4.69, 9.17) is 10.5 Å². The van der Waals surface area contributed by atoms with Gasteiger partial charge in [0.05, 0.1) is 11.3 Å². The van der Waals surface area contributed by atoms with Gasteiger partial charge in [-0.3, -0.25) is 14.6 Å². The maximum absolute atomic E-state index is 14.0. The molecule has 7 heteroatoms. The molecule has 6 nitrogen and oxygen atoms in total. The van der Waals surface area contributed by atoms with Crippen LogP contribution < -0.4 is 15.4 Å². The number of Topliss-reactive ketones (excluding diaryl/α,β-unsaturated/α-hetero) is 1. The fourth-order valence-electron chi connectivity index (χ4n) is 3.15. The van der Waals surface area contributed by atoms with Gasteiger partial charge in [0.25, 0.3) is 5.91 Å². The summed E-state index contributed by atoms with van der Waals surface area (Å²) in [4.78, 5) is 28.9. The number of benzene rings is 1. The first-order valence-corrected chi connectivity index (χ1v) is 8.42. The van der Waals surface area contributed by atoms with Gasteiger partial charge in [-0.1, -0.05) is 6.07 Å². The molecule has 26 heavy (non-hydrogen) atoms. The largest absolute Gasteiger partial charge is 0.490 e. The predicted molar refractivity (Wildman–Crippen MR) is 95.0 cm³/mol. The molecule has 1 aliphatic heterocycles. The fraction of sp³-hybridized carbons (Fsp3) is 0.316. The summed E-state index contributed by atoms with van der Waals surface area (Å²) in [5.41, 5.74) is 6.14. The zero-order valence-corrected chi connectivity index (χ0v) is 14.4. The quantitative estimate of drug-likeness (QED) is 0.831. The molecule has 0 aliphatic carbocycles. The lowest BCUT2D eigenvalue weighted by Crippen LogP contribution is -2.39. The molecule has 3 rings (SSSR count). The number of amides is 1. The lowest BCUT2D eigenvalue weighted by Gasteiger charge is -2.34. The molecule has 2 aromatic rings. The van der Waals surface area contributed by atoms with Crippen molar-refractivity contribution in [2.45, 2.75) is 25.9 Å². The van der Waals surface area contributed by atoms with E-state index in [0.29, 0.717) is 37.4 Å². The number of primary amides is 1. The normalized spacial score (nSPS) is 14.9. The van der Waals surface area contributed by atoms with Gasteiger partial charge in [0.15, 0.2) is 5.78 Å². The van der Waals surface area contributed by atoms with E-state index >= 15 is 0 Å². The van der Waals surface area contributed by atoms with Gasteiger partial charge in [0.1, 0.15) is 23.4 Å². The molecule has 1 fully saturated rings. The second-order valence-electron chi connectivity index (χ2n) is 6.24. The highest BCUT2D eigenvalue weighted by Gasteiger charge is 2.24. The van der Waals surface area contributed by atoms with Crippen molar-refractivity contribution in [3.05, 3.63) is 53.6 Å². The summed E-state index contributed by atoms with van der Waals surface area (Å²) in [6.45, 7) is 2.65. The van der Waals surface area contributed by atoms with Crippen LogP contribution in [0.3, 0.4) is 0 Å². The van der Waals surface area contributed by atoms with Crippen LogP contribution >= 0.6 is 0 Å². The minimum absolute atomic E-state index is 0.0382. The Morgan fingerprint density at radius 3 is 2.65 bits per heavy atom. The van der Waals surface area contributed by atoms with Crippen LogP contribution in [0.5, 0.6) is 5.75 Å². The number of carbonyl (C=O) groups excluding carboxylic acids is 2. The molecular formula is C19H20FN3O3. The number of aromatic nitrogens is 1. The van der Waals surface area contributed by atoms with Crippen LogP contribution in [0.4, 0.5) is 10.1 Å². The molecule has 0 spiro atoms. The van der Waals surface area contributed by atoms with Crippen LogP contribution in [0.15, 0.2) is 36.5 Å². The zero-order valence-electron chi connectivity index (χ0n) is 14.4. The van der Waals surface area contributed by atoms with E-state index in [1.165, 1.54) is 25.3 Å². The monoisotopic (exact) mass is 357 g/mol. The van der Waals surface area contributed by atoms with Crippen LogP contribution in [0, 0.1) is 5.82 Å². The van der Waals surface area contributed by atoms with E-state index in [1.807, 2.05) is 4.90 Å². The standard InChI is InChI=1S/C19H20FN3O3/c1-12(24)18-15(20)3-2-4-17(18)23-9-6-13(7-10-23)26-14-5-8-22-16(11-14)19(21)25/h2-5,8,11,13H,6-7,9-10H2,1H3,(H2,21,25). The number of nitrogens with two attached hydrogens (primary N) is 1. The van der Waals surface area contributed by atoms with E-state index in [-0.39, 0.29) is 23.1 Å². The van der Waals surface area contributed by atoms with Crippen molar-refractivity contribution >= 4 is 17.4 Å². The van der Waals surface area contributed by atoms with Crippen molar-refractivity contribution in [1.29, 1.82) is 0 Å². The second kappa shape index (κ2) is 7.51. The molecule has 1 aromatic heterocycles. The Kier molecular flexibility index (Phi) is 5.16. The van der Waals surface area contributed by atoms with Crippen LogP contribution in [0.1, 0.15) is 40.6 Å². The van der Waals surface area contributed by atoms with E-state index in [2.05, 4.69) is 4.98 Å². The lowest BCUT2D eigenvalue weighted by atomic mass is 10.0. The number of piperidine rings is 1. The summed E-state index contributed by atoms with van der Waals surface area (Å²) >= 11 is 0. The summed E-state index contributed by atoms with van der Waals surface area (Å²) in [5.74, 6) is -0.841. The Morgan fingerprint density at radius 2 is 2.00 bits per heavy atom. The highest BCUT2D eigenvalue weighted by atomic mass is 19.1. The minimum Gasteiger partial charge on any atom is -0.490 e. The molecule has 1 aromatic carbocycles. The number of rotatable bonds is 5. The third-order valence-electron chi connectivity index (χ3n) is 4.41. The molecule has 1 aliphatic rings. The summed E-state index contributed by atoms with van der Waals surface area (Å²) in [6, 6.07) is 7.88. The average molecular weight is 357 g/mol. The van der Waals surface area contributed by atoms with Gasteiger partial charge in [0, 0.05) is 38.2 Å². The summed E-state index contributed by atoms with van der Waals surface area (Å²) in [6.07, 6.45) is 2.87. The number of pyridine rings is 1. The Labute approximate surface area is 150 Å².